The monoisotopic (exact) mass is 269 g/mol. The highest BCUT2D eigenvalue weighted by Gasteiger charge is 2.16. The molecule has 4 nitrogen and oxygen atoms in total. The number of aromatic nitrogens is 1. The van der Waals surface area contributed by atoms with Crippen LogP contribution in [0.4, 0.5) is 5.69 Å². The first-order chi connectivity index (χ1) is 8.65. The number of nitrogens with one attached hydrogen (secondary N) is 2. The van der Waals surface area contributed by atoms with Gasteiger partial charge in [0.25, 0.3) is 0 Å². The molecule has 0 aromatic carbocycles. The molecule has 0 radical (unpaired) electrons. The molecule has 0 bridgehead atoms. The van der Waals surface area contributed by atoms with E-state index in [1.165, 1.54) is 0 Å². The summed E-state index contributed by atoms with van der Waals surface area (Å²) in [5.74, 6) is 0. The molecule has 0 amide bonds. The molecule has 2 atom stereocenters. The van der Waals surface area contributed by atoms with Crippen LogP contribution in [-0.4, -0.2) is 36.8 Å². The maximum Gasteiger partial charge on any atom is 0.152 e. The number of halogens is 1. The molecule has 1 aromatic rings. The number of pyridine rings is 1. The third-order valence-electron chi connectivity index (χ3n) is 3.01. The van der Waals surface area contributed by atoms with Gasteiger partial charge >= 0.3 is 0 Å². The fourth-order valence-corrected chi connectivity index (χ4v) is 2.33. The Labute approximate surface area is 113 Å². The van der Waals surface area contributed by atoms with Gasteiger partial charge in [-0.15, -0.1) is 0 Å². The van der Waals surface area contributed by atoms with Crippen molar-refractivity contribution in [3.8, 4) is 0 Å². The van der Waals surface area contributed by atoms with Crippen LogP contribution in [-0.2, 0) is 4.74 Å². The minimum atomic E-state index is 0.324. The number of morpholine rings is 1. The lowest BCUT2D eigenvalue weighted by Crippen LogP contribution is -2.43. The van der Waals surface area contributed by atoms with Crippen LogP contribution in [0.2, 0.25) is 5.15 Å². The van der Waals surface area contributed by atoms with Gasteiger partial charge in [-0.3, -0.25) is 0 Å². The van der Waals surface area contributed by atoms with E-state index in [4.69, 9.17) is 16.3 Å². The Kier molecular flexibility index (Phi) is 4.80. The van der Waals surface area contributed by atoms with Crippen LogP contribution in [0.3, 0.4) is 0 Å². The van der Waals surface area contributed by atoms with E-state index >= 15 is 0 Å². The van der Waals surface area contributed by atoms with E-state index < -0.39 is 0 Å². The van der Waals surface area contributed by atoms with E-state index in [2.05, 4.69) is 22.5 Å². The lowest BCUT2D eigenvalue weighted by atomic mass is 10.1. The third kappa shape index (κ3) is 3.83. The van der Waals surface area contributed by atoms with Crippen molar-refractivity contribution < 1.29 is 4.74 Å². The molecule has 1 fully saturated rings. The molecule has 0 spiro atoms. The molecule has 1 saturated heterocycles. The summed E-state index contributed by atoms with van der Waals surface area (Å²) in [6.45, 7) is 6.69. The Balaban J connectivity index is 1.89. The number of hydrogen-bond donors (Lipinski definition) is 2. The van der Waals surface area contributed by atoms with E-state index in [0.717, 1.165) is 37.4 Å². The van der Waals surface area contributed by atoms with Gasteiger partial charge in [0.15, 0.2) is 5.15 Å². The standard InChI is InChI=1S/C13H20ClN3O/c1-9-5-12(13(14)16-7-9)17-10(2)6-11-8-18-4-3-15-11/h5,7,10-11,15,17H,3-4,6,8H2,1-2H3. The Bertz CT molecular complexity index is 394. The van der Waals surface area contributed by atoms with E-state index in [0.29, 0.717) is 17.2 Å². The van der Waals surface area contributed by atoms with Crippen molar-refractivity contribution in [3.05, 3.63) is 23.0 Å². The molecule has 1 aliphatic heterocycles. The van der Waals surface area contributed by atoms with Crippen LogP contribution in [0.15, 0.2) is 12.3 Å². The zero-order valence-electron chi connectivity index (χ0n) is 10.9. The van der Waals surface area contributed by atoms with Crippen LogP contribution in [0, 0.1) is 6.92 Å². The van der Waals surface area contributed by atoms with Crippen molar-refractivity contribution >= 4 is 17.3 Å². The average molecular weight is 270 g/mol. The second-order valence-corrected chi connectivity index (χ2v) is 5.22. The van der Waals surface area contributed by atoms with Crippen LogP contribution in [0.5, 0.6) is 0 Å². The Morgan fingerprint density at radius 1 is 1.67 bits per heavy atom. The highest BCUT2D eigenvalue weighted by Crippen LogP contribution is 2.21. The van der Waals surface area contributed by atoms with Gasteiger partial charge in [0.05, 0.1) is 18.9 Å². The largest absolute Gasteiger partial charge is 0.380 e. The van der Waals surface area contributed by atoms with Gasteiger partial charge in [0.2, 0.25) is 0 Å². The van der Waals surface area contributed by atoms with Crippen LogP contribution in [0.1, 0.15) is 18.9 Å². The van der Waals surface area contributed by atoms with Gasteiger partial charge in [-0.2, -0.15) is 0 Å². The highest BCUT2D eigenvalue weighted by atomic mass is 35.5. The van der Waals surface area contributed by atoms with E-state index in [-0.39, 0.29) is 0 Å². The molecule has 5 heteroatoms. The van der Waals surface area contributed by atoms with Gasteiger partial charge in [0.1, 0.15) is 0 Å². The van der Waals surface area contributed by atoms with E-state index in [1.807, 2.05) is 13.0 Å². The van der Waals surface area contributed by atoms with Crippen molar-refractivity contribution in [2.24, 2.45) is 0 Å². The van der Waals surface area contributed by atoms with Crippen molar-refractivity contribution in [2.75, 3.05) is 25.1 Å². The molecule has 100 valence electrons. The molecule has 0 aliphatic carbocycles. The summed E-state index contributed by atoms with van der Waals surface area (Å²) in [5, 5.41) is 7.38. The van der Waals surface area contributed by atoms with Crippen molar-refractivity contribution in [1.29, 1.82) is 0 Å². The number of anilines is 1. The molecular formula is C13H20ClN3O. The van der Waals surface area contributed by atoms with Gasteiger partial charge in [-0.1, -0.05) is 11.6 Å². The molecule has 0 saturated carbocycles. The maximum absolute atomic E-state index is 6.07. The van der Waals surface area contributed by atoms with Gasteiger partial charge in [-0.25, -0.2) is 4.98 Å². The van der Waals surface area contributed by atoms with Gasteiger partial charge < -0.3 is 15.4 Å². The van der Waals surface area contributed by atoms with E-state index in [1.54, 1.807) is 6.20 Å². The normalized spacial score (nSPS) is 21.6. The van der Waals surface area contributed by atoms with E-state index in [9.17, 15) is 0 Å². The quantitative estimate of drug-likeness (QED) is 0.823. The van der Waals surface area contributed by atoms with Crippen LogP contribution in [0.25, 0.3) is 0 Å². The first kappa shape index (κ1) is 13.6. The lowest BCUT2D eigenvalue weighted by molar-refractivity contribution is 0.0731. The Hall–Kier alpha value is -0.840. The topological polar surface area (TPSA) is 46.2 Å². The second kappa shape index (κ2) is 6.36. The first-order valence-corrected chi connectivity index (χ1v) is 6.73. The number of aryl methyl sites for hydroxylation is 1. The Morgan fingerprint density at radius 3 is 3.22 bits per heavy atom. The molecule has 2 unspecified atom stereocenters. The summed E-state index contributed by atoms with van der Waals surface area (Å²) in [6.07, 6.45) is 2.78. The van der Waals surface area contributed by atoms with Crippen molar-refractivity contribution in [2.45, 2.75) is 32.4 Å². The summed E-state index contributed by atoms with van der Waals surface area (Å²) >= 11 is 6.07. The summed E-state index contributed by atoms with van der Waals surface area (Å²) in [5.41, 5.74) is 2.01. The fourth-order valence-electron chi connectivity index (χ4n) is 2.18. The van der Waals surface area contributed by atoms with Gasteiger partial charge in [-0.05, 0) is 31.9 Å². The molecule has 1 aromatic heterocycles. The second-order valence-electron chi connectivity index (χ2n) is 4.86. The minimum absolute atomic E-state index is 0.324. The van der Waals surface area contributed by atoms with Crippen LogP contribution < -0.4 is 10.6 Å². The SMILES string of the molecule is Cc1cnc(Cl)c(NC(C)CC2COCCN2)c1. The lowest BCUT2D eigenvalue weighted by Gasteiger charge is -2.27. The number of hydrogen-bond acceptors (Lipinski definition) is 4. The molecule has 2 heterocycles. The number of ether oxygens (including phenoxy) is 1. The molecule has 18 heavy (non-hydrogen) atoms. The smallest absolute Gasteiger partial charge is 0.152 e. The Morgan fingerprint density at radius 2 is 2.50 bits per heavy atom. The van der Waals surface area contributed by atoms with Crippen LogP contribution >= 0.6 is 11.6 Å². The molecular weight excluding hydrogens is 250 g/mol. The summed E-state index contributed by atoms with van der Waals surface area (Å²) in [4.78, 5) is 4.14. The molecule has 2 N–H and O–H groups in total. The third-order valence-corrected chi connectivity index (χ3v) is 3.32. The fraction of sp³-hybridized carbons (Fsp3) is 0.615. The predicted molar refractivity (Wildman–Crippen MR) is 74.3 cm³/mol. The predicted octanol–water partition coefficient (Wildman–Crippen LogP) is 2.22. The summed E-state index contributed by atoms with van der Waals surface area (Å²) in [7, 11) is 0. The average Bonchev–Trinajstić information content (AvgIpc) is 2.35. The zero-order valence-corrected chi connectivity index (χ0v) is 11.6. The highest BCUT2D eigenvalue weighted by molar-refractivity contribution is 6.31. The van der Waals surface area contributed by atoms with Crippen molar-refractivity contribution in [3.63, 3.8) is 0 Å². The summed E-state index contributed by atoms with van der Waals surface area (Å²) < 4.78 is 5.45. The zero-order chi connectivity index (χ0) is 13.0. The number of rotatable bonds is 4. The van der Waals surface area contributed by atoms with Gasteiger partial charge in [0, 0.05) is 24.8 Å². The summed E-state index contributed by atoms with van der Waals surface area (Å²) in [6, 6.07) is 2.76. The molecule has 2 rings (SSSR count). The maximum atomic E-state index is 6.07. The minimum Gasteiger partial charge on any atom is -0.380 e. The number of nitrogens with zero attached hydrogens (tertiary/aromatic N) is 1. The molecule has 1 aliphatic rings. The van der Waals surface area contributed by atoms with Crippen molar-refractivity contribution in [1.82, 2.24) is 10.3 Å². The first-order valence-electron chi connectivity index (χ1n) is 6.35.